The van der Waals surface area contributed by atoms with Crippen LogP contribution in [0.5, 0.6) is 0 Å². The van der Waals surface area contributed by atoms with Gasteiger partial charge in [-0.1, -0.05) is 0 Å². The molecule has 1 aromatic carbocycles. The van der Waals surface area contributed by atoms with Gasteiger partial charge in [-0.25, -0.2) is 4.79 Å². The Kier molecular flexibility index (Phi) is 5.38. The Labute approximate surface area is 170 Å². The average molecular weight is 400 g/mol. The van der Waals surface area contributed by atoms with E-state index in [2.05, 4.69) is 5.32 Å². The largest absolute Gasteiger partial charge is 0.338 e. The zero-order valence-corrected chi connectivity index (χ0v) is 17.6. The maximum absolute atomic E-state index is 12.9. The summed E-state index contributed by atoms with van der Waals surface area (Å²) in [4.78, 5) is 54.5. The summed E-state index contributed by atoms with van der Waals surface area (Å²) in [6.07, 6.45) is 1.34. The summed E-state index contributed by atoms with van der Waals surface area (Å²) in [5.74, 6) is -0.856. The Morgan fingerprint density at radius 1 is 1.03 bits per heavy atom. The quantitative estimate of drug-likeness (QED) is 0.769. The maximum Gasteiger partial charge on any atom is 0.317 e. The van der Waals surface area contributed by atoms with Crippen molar-refractivity contribution in [1.82, 2.24) is 20.0 Å². The number of nitrogens with one attached hydrogen (secondary N) is 1. The summed E-state index contributed by atoms with van der Waals surface area (Å²) in [5.41, 5.74) is 0.392. The van der Waals surface area contributed by atoms with Crippen LogP contribution in [0.15, 0.2) is 18.2 Å². The minimum Gasteiger partial charge on any atom is -0.338 e. The molecule has 3 rings (SSSR count). The molecule has 0 saturated carbocycles. The minimum atomic E-state index is -0.629. The fourth-order valence-corrected chi connectivity index (χ4v) is 3.70. The number of rotatable bonds is 2. The van der Waals surface area contributed by atoms with Crippen LogP contribution in [0.3, 0.4) is 0 Å². The molecule has 2 aliphatic heterocycles. The van der Waals surface area contributed by atoms with Crippen molar-refractivity contribution in [2.45, 2.75) is 45.2 Å². The van der Waals surface area contributed by atoms with Crippen molar-refractivity contribution in [2.24, 2.45) is 0 Å². The van der Waals surface area contributed by atoms with Crippen LogP contribution in [0.25, 0.3) is 0 Å². The molecule has 1 fully saturated rings. The van der Waals surface area contributed by atoms with Gasteiger partial charge in [0.15, 0.2) is 0 Å². The maximum atomic E-state index is 12.9. The Hall–Kier alpha value is -2.90. The molecule has 0 aliphatic carbocycles. The summed E-state index contributed by atoms with van der Waals surface area (Å²) < 4.78 is 0. The van der Waals surface area contributed by atoms with Gasteiger partial charge in [0.25, 0.3) is 17.7 Å². The number of piperidine rings is 1. The van der Waals surface area contributed by atoms with Crippen LogP contribution in [-0.2, 0) is 0 Å². The fraction of sp³-hybridized carbons (Fsp3) is 0.524. The first-order valence-electron chi connectivity index (χ1n) is 9.80. The lowest BCUT2D eigenvalue weighted by molar-refractivity contribution is 0.0507. The molecule has 156 valence electrons. The van der Waals surface area contributed by atoms with Crippen LogP contribution in [0, 0.1) is 0 Å². The molecule has 0 radical (unpaired) electrons. The van der Waals surface area contributed by atoms with Gasteiger partial charge in [0.05, 0.1) is 11.1 Å². The van der Waals surface area contributed by atoms with Crippen molar-refractivity contribution < 1.29 is 19.2 Å². The van der Waals surface area contributed by atoms with Gasteiger partial charge in [-0.2, -0.15) is 0 Å². The smallest absolute Gasteiger partial charge is 0.317 e. The van der Waals surface area contributed by atoms with Crippen molar-refractivity contribution in [3.8, 4) is 0 Å². The number of carbonyl (C=O) groups is 4. The van der Waals surface area contributed by atoms with E-state index in [1.54, 1.807) is 51.9 Å². The van der Waals surface area contributed by atoms with Crippen LogP contribution in [0.2, 0.25) is 0 Å². The number of hydrogen-bond acceptors (Lipinski definition) is 4. The van der Waals surface area contributed by atoms with E-state index in [0.717, 1.165) is 0 Å². The number of likely N-dealkylation sites (tertiary alicyclic amines) is 1. The third-order valence-corrected chi connectivity index (χ3v) is 5.32. The molecule has 0 spiro atoms. The fourth-order valence-electron chi connectivity index (χ4n) is 3.70. The second-order valence-electron chi connectivity index (χ2n) is 8.79. The Balaban J connectivity index is 1.70. The first kappa shape index (κ1) is 20.8. The molecule has 5 amide bonds. The second kappa shape index (κ2) is 7.50. The van der Waals surface area contributed by atoms with Gasteiger partial charge in [0, 0.05) is 44.3 Å². The van der Waals surface area contributed by atoms with Crippen LogP contribution >= 0.6 is 0 Å². The summed E-state index contributed by atoms with van der Waals surface area (Å²) in [6, 6.07) is 4.61. The van der Waals surface area contributed by atoms with Gasteiger partial charge in [-0.15, -0.1) is 0 Å². The molecule has 1 saturated heterocycles. The number of nitrogens with zero attached hydrogens (tertiary/aromatic N) is 3. The molecule has 8 heteroatoms. The van der Waals surface area contributed by atoms with E-state index in [-0.39, 0.29) is 35.4 Å². The Morgan fingerprint density at radius 2 is 1.62 bits per heavy atom. The van der Waals surface area contributed by atoms with Crippen LogP contribution in [0.1, 0.15) is 64.7 Å². The van der Waals surface area contributed by atoms with E-state index in [1.165, 1.54) is 15.9 Å². The molecular weight excluding hydrogens is 372 g/mol. The molecule has 8 nitrogen and oxygen atoms in total. The topological polar surface area (TPSA) is 90.0 Å². The molecule has 1 aromatic rings. The Bertz CT molecular complexity index is 864. The number of carbonyl (C=O) groups excluding carboxylic acids is 4. The summed E-state index contributed by atoms with van der Waals surface area (Å²) in [7, 11) is 3.38. The van der Waals surface area contributed by atoms with E-state index in [1.807, 2.05) is 0 Å². The summed E-state index contributed by atoms with van der Waals surface area (Å²) >= 11 is 0. The van der Waals surface area contributed by atoms with Crippen molar-refractivity contribution in [3.63, 3.8) is 0 Å². The summed E-state index contributed by atoms with van der Waals surface area (Å²) in [6.45, 7) is 6.46. The Morgan fingerprint density at radius 3 is 2.17 bits per heavy atom. The van der Waals surface area contributed by atoms with Crippen LogP contribution in [-0.4, -0.2) is 77.2 Å². The molecule has 29 heavy (non-hydrogen) atoms. The number of benzene rings is 1. The second-order valence-corrected chi connectivity index (χ2v) is 8.79. The standard InChI is InChI=1S/C21H28N4O4/c1-21(2,3)25-18(27)15-7-6-13(12-16(15)19(25)28)17(26)24-10-8-14(9-11-24)22-20(29)23(4)5/h6-7,12,14H,8-11H2,1-5H3,(H,22,29). The average Bonchev–Trinajstić information content (AvgIpc) is 2.91. The van der Waals surface area contributed by atoms with E-state index >= 15 is 0 Å². The molecule has 0 unspecified atom stereocenters. The van der Waals surface area contributed by atoms with Crippen molar-refractivity contribution in [3.05, 3.63) is 34.9 Å². The highest BCUT2D eigenvalue weighted by Gasteiger charge is 2.42. The third kappa shape index (κ3) is 3.97. The SMILES string of the molecule is CN(C)C(=O)NC1CCN(C(=O)c2ccc3c(c2)C(=O)N(C(C)(C)C)C3=O)CC1. The third-order valence-electron chi connectivity index (χ3n) is 5.32. The van der Waals surface area contributed by atoms with E-state index in [9.17, 15) is 19.2 Å². The van der Waals surface area contributed by atoms with Gasteiger partial charge in [-0.05, 0) is 51.8 Å². The zero-order valence-electron chi connectivity index (χ0n) is 17.6. The lowest BCUT2D eigenvalue weighted by Crippen LogP contribution is -2.48. The van der Waals surface area contributed by atoms with E-state index in [0.29, 0.717) is 37.1 Å². The van der Waals surface area contributed by atoms with Crippen molar-refractivity contribution in [1.29, 1.82) is 0 Å². The highest BCUT2D eigenvalue weighted by atomic mass is 16.2. The zero-order chi connectivity index (χ0) is 21.5. The number of fused-ring (bicyclic) bond motifs is 1. The predicted molar refractivity (Wildman–Crippen MR) is 108 cm³/mol. The van der Waals surface area contributed by atoms with Crippen LogP contribution in [0.4, 0.5) is 4.79 Å². The highest BCUT2D eigenvalue weighted by molar-refractivity contribution is 6.22. The predicted octanol–water partition coefficient (Wildman–Crippen LogP) is 1.96. The van der Waals surface area contributed by atoms with E-state index < -0.39 is 5.54 Å². The molecule has 2 aliphatic rings. The van der Waals surface area contributed by atoms with Gasteiger partial charge in [0.1, 0.15) is 0 Å². The van der Waals surface area contributed by atoms with Crippen LogP contribution < -0.4 is 5.32 Å². The number of hydrogen-bond donors (Lipinski definition) is 1. The summed E-state index contributed by atoms with van der Waals surface area (Å²) in [5, 5.41) is 2.94. The number of imide groups is 1. The van der Waals surface area contributed by atoms with Crippen molar-refractivity contribution in [2.75, 3.05) is 27.2 Å². The first-order chi connectivity index (χ1) is 13.5. The van der Waals surface area contributed by atoms with Gasteiger partial charge < -0.3 is 15.1 Å². The molecule has 0 bridgehead atoms. The normalized spacial score (nSPS) is 17.4. The molecular formula is C21H28N4O4. The van der Waals surface area contributed by atoms with Crippen molar-refractivity contribution >= 4 is 23.8 Å². The lowest BCUT2D eigenvalue weighted by atomic mass is 10.0. The monoisotopic (exact) mass is 400 g/mol. The van der Waals surface area contributed by atoms with E-state index in [4.69, 9.17) is 0 Å². The first-order valence-corrected chi connectivity index (χ1v) is 9.80. The molecule has 1 N–H and O–H groups in total. The van der Waals surface area contributed by atoms with Gasteiger partial charge in [-0.3, -0.25) is 19.3 Å². The minimum absolute atomic E-state index is 0.0357. The van der Waals surface area contributed by atoms with Gasteiger partial charge in [0.2, 0.25) is 0 Å². The molecule has 2 heterocycles. The highest BCUT2D eigenvalue weighted by Crippen LogP contribution is 2.30. The number of urea groups is 1. The van der Waals surface area contributed by atoms with Gasteiger partial charge >= 0.3 is 6.03 Å². The number of amides is 5. The molecule has 0 aromatic heterocycles. The molecule has 0 atom stereocenters. The lowest BCUT2D eigenvalue weighted by Gasteiger charge is -2.33.